The highest BCUT2D eigenvalue weighted by atomic mass is 16.5. The lowest BCUT2D eigenvalue weighted by atomic mass is 9.86. The number of nitrogens with two attached hydrogens (primary N) is 1. The van der Waals surface area contributed by atoms with E-state index < -0.39 is 0 Å². The van der Waals surface area contributed by atoms with Crippen LogP contribution in [0.2, 0.25) is 0 Å². The Bertz CT molecular complexity index is 155. The van der Waals surface area contributed by atoms with E-state index in [2.05, 4.69) is 5.32 Å². The Kier molecular flexibility index (Phi) is 2.35. The van der Waals surface area contributed by atoms with Gasteiger partial charge in [-0.2, -0.15) is 0 Å². The van der Waals surface area contributed by atoms with Crippen LogP contribution in [0.15, 0.2) is 0 Å². The molecule has 1 atom stereocenters. The van der Waals surface area contributed by atoms with Crippen molar-refractivity contribution in [3.8, 4) is 0 Å². The predicted octanol–water partition coefficient (Wildman–Crippen LogP) is 0.104. The molecular weight excluding hydrogens is 152 g/mol. The zero-order valence-corrected chi connectivity index (χ0v) is 7.51. The summed E-state index contributed by atoms with van der Waals surface area (Å²) < 4.78 is 5.86. The molecule has 3 heteroatoms. The highest BCUT2D eigenvalue weighted by Gasteiger charge is 2.40. The minimum atomic E-state index is 0.204. The van der Waals surface area contributed by atoms with Gasteiger partial charge < -0.3 is 15.8 Å². The molecule has 0 radical (unpaired) electrons. The summed E-state index contributed by atoms with van der Waals surface area (Å²) in [4.78, 5) is 0. The van der Waals surface area contributed by atoms with Crippen LogP contribution in [-0.4, -0.2) is 31.8 Å². The fraction of sp³-hybridized carbons (Fsp3) is 1.00. The second-order valence-corrected chi connectivity index (χ2v) is 4.05. The van der Waals surface area contributed by atoms with Gasteiger partial charge in [0.25, 0.3) is 0 Å². The molecule has 0 aliphatic carbocycles. The molecule has 0 aromatic rings. The molecule has 2 rings (SSSR count). The smallest absolute Gasteiger partial charge is 0.0710 e. The van der Waals surface area contributed by atoms with Crippen LogP contribution in [0.4, 0.5) is 0 Å². The number of hydrogen-bond donors (Lipinski definition) is 2. The molecule has 0 bridgehead atoms. The summed E-state index contributed by atoms with van der Waals surface area (Å²) >= 11 is 0. The monoisotopic (exact) mass is 170 g/mol. The average molecular weight is 170 g/mol. The average Bonchev–Trinajstić information content (AvgIpc) is 2.50. The number of hydrogen-bond acceptors (Lipinski definition) is 3. The summed E-state index contributed by atoms with van der Waals surface area (Å²) in [6.07, 6.45) is 3.53. The Morgan fingerprint density at radius 1 is 1.42 bits per heavy atom. The fourth-order valence-corrected chi connectivity index (χ4v) is 2.32. The highest BCUT2D eigenvalue weighted by molar-refractivity contribution is 4.92. The first-order valence-corrected chi connectivity index (χ1v) is 4.89. The molecule has 2 fully saturated rings. The lowest BCUT2D eigenvalue weighted by Gasteiger charge is -2.32. The van der Waals surface area contributed by atoms with Crippen molar-refractivity contribution in [1.29, 1.82) is 0 Å². The lowest BCUT2D eigenvalue weighted by molar-refractivity contribution is -0.0196. The molecule has 3 N–H and O–H groups in total. The van der Waals surface area contributed by atoms with Crippen LogP contribution in [-0.2, 0) is 4.74 Å². The summed E-state index contributed by atoms with van der Waals surface area (Å²) in [6.45, 7) is 3.89. The topological polar surface area (TPSA) is 47.3 Å². The van der Waals surface area contributed by atoms with Gasteiger partial charge in [0, 0.05) is 0 Å². The van der Waals surface area contributed by atoms with E-state index in [1.54, 1.807) is 0 Å². The van der Waals surface area contributed by atoms with E-state index in [4.69, 9.17) is 10.5 Å². The first-order chi connectivity index (χ1) is 5.85. The van der Waals surface area contributed by atoms with Crippen molar-refractivity contribution in [2.24, 2.45) is 11.7 Å². The molecule has 0 saturated carbocycles. The summed E-state index contributed by atoms with van der Waals surface area (Å²) in [5, 5.41) is 3.36. The summed E-state index contributed by atoms with van der Waals surface area (Å²) in [7, 11) is 0. The van der Waals surface area contributed by atoms with Crippen molar-refractivity contribution >= 4 is 0 Å². The third-order valence-electron chi connectivity index (χ3n) is 3.13. The standard InChI is InChI=1S/C9H18N2O/c10-6-8-5-9(12-7-8)1-3-11-4-2-9/h8,11H,1-7,10H2/t8-/m1/s1. The third-order valence-corrected chi connectivity index (χ3v) is 3.13. The summed E-state index contributed by atoms with van der Waals surface area (Å²) in [6, 6.07) is 0. The van der Waals surface area contributed by atoms with E-state index in [-0.39, 0.29) is 5.60 Å². The Labute approximate surface area is 73.7 Å². The lowest BCUT2D eigenvalue weighted by Crippen LogP contribution is -2.41. The molecule has 12 heavy (non-hydrogen) atoms. The van der Waals surface area contributed by atoms with Crippen molar-refractivity contribution in [2.45, 2.75) is 24.9 Å². The van der Waals surface area contributed by atoms with Gasteiger partial charge in [0.15, 0.2) is 0 Å². The minimum absolute atomic E-state index is 0.204. The first-order valence-electron chi connectivity index (χ1n) is 4.89. The van der Waals surface area contributed by atoms with Gasteiger partial charge in [-0.25, -0.2) is 0 Å². The van der Waals surface area contributed by atoms with Crippen molar-refractivity contribution < 1.29 is 4.74 Å². The molecule has 0 aromatic carbocycles. The molecule has 70 valence electrons. The van der Waals surface area contributed by atoms with E-state index in [0.717, 1.165) is 26.2 Å². The molecule has 2 heterocycles. The van der Waals surface area contributed by atoms with Gasteiger partial charge >= 0.3 is 0 Å². The Hall–Kier alpha value is -0.120. The zero-order chi connectivity index (χ0) is 8.44. The maximum Gasteiger partial charge on any atom is 0.0710 e. The van der Waals surface area contributed by atoms with E-state index in [1.807, 2.05) is 0 Å². The second kappa shape index (κ2) is 3.32. The maximum absolute atomic E-state index is 5.86. The van der Waals surface area contributed by atoms with Crippen molar-refractivity contribution in [3.05, 3.63) is 0 Å². The van der Waals surface area contributed by atoms with E-state index >= 15 is 0 Å². The number of rotatable bonds is 1. The summed E-state index contributed by atoms with van der Waals surface area (Å²) in [5.74, 6) is 0.614. The van der Waals surface area contributed by atoms with Gasteiger partial charge in [-0.05, 0) is 44.8 Å². The zero-order valence-electron chi connectivity index (χ0n) is 7.51. The Morgan fingerprint density at radius 3 is 2.75 bits per heavy atom. The molecule has 2 saturated heterocycles. The fourth-order valence-electron chi connectivity index (χ4n) is 2.32. The van der Waals surface area contributed by atoms with Crippen LogP contribution in [0.1, 0.15) is 19.3 Å². The predicted molar refractivity (Wildman–Crippen MR) is 47.9 cm³/mol. The number of ether oxygens (including phenoxy) is 1. The first kappa shape index (κ1) is 8.48. The van der Waals surface area contributed by atoms with Crippen LogP contribution in [0.5, 0.6) is 0 Å². The van der Waals surface area contributed by atoms with Crippen LogP contribution in [0.3, 0.4) is 0 Å². The molecule has 0 aromatic heterocycles. The molecule has 3 nitrogen and oxygen atoms in total. The highest BCUT2D eigenvalue weighted by Crippen LogP contribution is 2.36. The molecule has 2 aliphatic rings. The van der Waals surface area contributed by atoms with Crippen LogP contribution in [0.25, 0.3) is 0 Å². The third kappa shape index (κ3) is 1.49. The SMILES string of the molecule is NC[C@@H]1COC2(CCNCC2)C1. The van der Waals surface area contributed by atoms with Crippen molar-refractivity contribution in [3.63, 3.8) is 0 Å². The van der Waals surface area contributed by atoms with E-state index in [0.29, 0.717) is 5.92 Å². The van der Waals surface area contributed by atoms with Gasteiger partial charge in [0.05, 0.1) is 12.2 Å². The molecule has 1 spiro atoms. The number of nitrogens with one attached hydrogen (secondary N) is 1. The normalized spacial score (nSPS) is 34.2. The summed E-state index contributed by atoms with van der Waals surface area (Å²) in [5.41, 5.74) is 5.83. The van der Waals surface area contributed by atoms with Gasteiger partial charge in [0.1, 0.15) is 0 Å². The van der Waals surface area contributed by atoms with Gasteiger partial charge in [-0.1, -0.05) is 0 Å². The molecular formula is C9H18N2O. The Morgan fingerprint density at radius 2 is 2.17 bits per heavy atom. The van der Waals surface area contributed by atoms with Crippen molar-refractivity contribution in [2.75, 3.05) is 26.2 Å². The molecule has 2 aliphatic heterocycles. The van der Waals surface area contributed by atoms with E-state index in [1.165, 1.54) is 19.3 Å². The van der Waals surface area contributed by atoms with E-state index in [9.17, 15) is 0 Å². The Balaban J connectivity index is 1.94. The number of piperidine rings is 1. The molecule has 0 amide bonds. The maximum atomic E-state index is 5.86. The minimum Gasteiger partial charge on any atom is -0.375 e. The largest absolute Gasteiger partial charge is 0.375 e. The second-order valence-electron chi connectivity index (χ2n) is 4.05. The van der Waals surface area contributed by atoms with Crippen LogP contribution < -0.4 is 11.1 Å². The van der Waals surface area contributed by atoms with Gasteiger partial charge in [0.2, 0.25) is 0 Å². The van der Waals surface area contributed by atoms with Crippen LogP contribution in [0, 0.1) is 5.92 Å². The molecule has 0 unspecified atom stereocenters. The van der Waals surface area contributed by atoms with Gasteiger partial charge in [-0.15, -0.1) is 0 Å². The van der Waals surface area contributed by atoms with Crippen molar-refractivity contribution in [1.82, 2.24) is 5.32 Å². The quantitative estimate of drug-likeness (QED) is 0.587. The van der Waals surface area contributed by atoms with Crippen LogP contribution >= 0.6 is 0 Å². The van der Waals surface area contributed by atoms with Gasteiger partial charge in [-0.3, -0.25) is 0 Å².